The maximum atomic E-state index is 11.3. The number of aryl methyl sites for hydroxylation is 2. The van der Waals surface area contributed by atoms with E-state index in [-0.39, 0.29) is 12.5 Å². The average molecular weight is 257 g/mol. The molecule has 0 atom stereocenters. The number of anilines is 1. The van der Waals surface area contributed by atoms with Crippen LogP contribution in [0.3, 0.4) is 0 Å². The number of nitrogens with one attached hydrogen (secondary N) is 1. The van der Waals surface area contributed by atoms with Gasteiger partial charge in [0, 0.05) is 12.1 Å². The molecule has 1 amide bonds. The van der Waals surface area contributed by atoms with Gasteiger partial charge in [0.25, 0.3) is 5.91 Å². The minimum absolute atomic E-state index is 0.0817. The molecule has 0 aliphatic carbocycles. The molecule has 98 valence electrons. The lowest BCUT2D eigenvalue weighted by Gasteiger charge is -2.18. The molecule has 0 spiro atoms. The van der Waals surface area contributed by atoms with Crippen molar-refractivity contribution in [3.05, 3.63) is 30.0 Å². The number of rotatable bonds is 2. The first-order valence-corrected chi connectivity index (χ1v) is 6.29. The highest BCUT2D eigenvalue weighted by atomic mass is 16.5. The average Bonchev–Trinajstić information content (AvgIpc) is 2.79. The van der Waals surface area contributed by atoms with Gasteiger partial charge in [-0.15, -0.1) is 0 Å². The summed E-state index contributed by atoms with van der Waals surface area (Å²) in [5, 5.41) is 7.25. The third kappa shape index (κ3) is 2.07. The number of fused-ring (bicyclic) bond motifs is 1. The standard InChI is InChI=1S/C14H15N3O2/c1-3-17-12(6-9(2)16-17)10-4-5-13-11(7-10)15-14(18)8-19-13/h4-7H,3,8H2,1-2H3,(H,15,18). The van der Waals surface area contributed by atoms with Gasteiger partial charge in [0.2, 0.25) is 0 Å². The molecule has 2 aromatic rings. The van der Waals surface area contributed by atoms with Crippen LogP contribution in [0.2, 0.25) is 0 Å². The van der Waals surface area contributed by atoms with Crippen molar-refractivity contribution in [3.63, 3.8) is 0 Å². The number of ether oxygens (including phenoxy) is 1. The number of carbonyl (C=O) groups excluding carboxylic acids is 1. The van der Waals surface area contributed by atoms with Crippen molar-refractivity contribution in [2.45, 2.75) is 20.4 Å². The summed E-state index contributed by atoms with van der Waals surface area (Å²) < 4.78 is 7.30. The Bertz CT molecular complexity index is 646. The number of nitrogens with zero attached hydrogens (tertiary/aromatic N) is 2. The molecule has 1 aliphatic rings. The summed E-state index contributed by atoms with van der Waals surface area (Å²) in [6.45, 7) is 4.92. The number of aromatic nitrogens is 2. The van der Waals surface area contributed by atoms with Gasteiger partial charge in [0.15, 0.2) is 6.61 Å². The van der Waals surface area contributed by atoms with Gasteiger partial charge in [-0.25, -0.2) is 0 Å². The van der Waals surface area contributed by atoms with Crippen LogP contribution in [0.15, 0.2) is 24.3 Å². The van der Waals surface area contributed by atoms with Gasteiger partial charge in [-0.2, -0.15) is 5.10 Å². The molecule has 0 radical (unpaired) electrons. The van der Waals surface area contributed by atoms with Crippen molar-refractivity contribution in [3.8, 4) is 17.0 Å². The highest BCUT2D eigenvalue weighted by Gasteiger charge is 2.17. The molecule has 0 saturated carbocycles. The maximum Gasteiger partial charge on any atom is 0.262 e. The van der Waals surface area contributed by atoms with Gasteiger partial charge >= 0.3 is 0 Å². The monoisotopic (exact) mass is 257 g/mol. The van der Waals surface area contributed by atoms with E-state index >= 15 is 0 Å². The molecule has 5 nitrogen and oxygen atoms in total. The van der Waals surface area contributed by atoms with Gasteiger partial charge in [-0.05, 0) is 38.1 Å². The molecule has 5 heteroatoms. The molecule has 1 aromatic heterocycles. The summed E-state index contributed by atoms with van der Waals surface area (Å²) in [6.07, 6.45) is 0. The van der Waals surface area contributed by atoms with E-state index in [9.17, 15) is 4.79 Å². The lowest BCUT2D eigenvalue weighted by atomic mass is 10.1. The van der Waals surface area contributed by atoms with Gasteiger partial charge in [0.05, 0.1) is 17.1 Å². The van der Waals surface area contributed by atoms with Gasteiger partial charge in [-0.3, -0.25) is 9.48 Å². The molecule has 19 heavy (non-hydrogen) atoms. The second-order valence-corrected chi connectivity index (χ2v) is 4.53. The van der Waals surface area contributed by atoms with E-state index in [0.717, 1.165) is 29.2 Å². The van der Waals surface area contributed by atoms with E-state index in [1.807, 2.05) is 35.9 Å². The zero-order chi connectivity index (χ0) is 13.4. The lowest BCUT2D eigenvalue weighted by Crippen LogP contribution is -2.25. The number of benzene rings is 1. The molecule has 3 rings (SSSR count). The fourth-order valence-electron chi connectivity index (χ4n) is 2.26. The molecule has 0 saturated heterocycles. The summed E-state index contributed by atoms with van der Waals surface area (Å²) in [5.74, 6) is 0.590. The van der Waals surface area contributed by atoms with Crippen LogP contribution in [0, 0.1) is 6.92 Å². The zero-order valence-corrected chi connectivity index (χ0v) is 10.9. The Hall–Kier alpha value is -2.30. The van der Waals surface area contributed by atoms with Crippen LogP contribution in [0.4, 0.5) is 5.69 Å². The highest BCUT2D eigenvalue weighted by molar-refractivity contribution is 5.96. The van der Waals surface area contributed by atoms with Crippen molar-refractivity contribution in [2.24, 2.45) is 0 Å². The van der Waals surface area contributed by atoms with E-state index in [1.54, 1.807) is 0 Å². The minimum Gasteiger partial charge on any atom is -0.482 e. The SMILES string of the molecule is CCn1nc(C)cc1-c1ccc2c(c1)NC(=O)CO2. The fraction of sp³-hybridized carbons (Fsp3) is 0.286. The van der Waals surface area contributed by atoms with E-state index < -0.39 is 0 Å². The zero-order valence-electron chi connectivity index (χ0n) is 10.9. The first-order valence-electron chi connectivity index (χ1n) is 6.29. The molecule has 0 unspecified atom stereocenters. The first-order chi connectivity index (χ1) is 9.17. The second kappa shape index (κ2) is 4.42. The Balaban J connectivity index is 2.06. The number of carbonyl (C=O) groups is 1. The Morgan fingerprint density at radius 1 is 1.42 bits per heavy atom. The van der Waals surface area contributed by atoms with Crippen LogP contribution in [0.25, 0.3) is 11.3 Å². The smallest absolute Gasteiger partial charge is 0.262 e. The molecular weight excluding hydrogens is 242 g/mol. The van der Waals surface area contributed by atoms with E-state index in [4.69, 9.17) is 4.74 Å². The normalized spacial score (nSPS) is 13.7. The molecule has 1 aromatic carbocycles. The summed E-state index contributed by atoms with van der Waals surface area (Å²) in [6, 6.07) is 7.83. The Morgan fingerprint density at radius 3 is 3.05 bits per heavy atom. The van der Waals surface area contributed by atoms with Crippen molar-refractivity contribution in [1.29, 1.82) is 0 Å². The predicted octanol–water partition coefficient (Wildman–Crippen LogP) is 2.21. The molecule has 0 fully saturated rings. The molecule has 1 aliphatic heterocycles. The fourth-order valence-corrected chi connectivity index (χ4v) is 2.26. The Kier molecular flexibility index (Phi) is 2.74. The summed E-state index contributed by atoms with van der Waals surface area (Å²) in [4.78, 5) is 11.3. The van der Waals surface area contributed by atoms with Crippen LogP contribution in [0.5, 0.6) is 5.75 Å². The van der Waals surface area contributed by atoms with Crippen LogP contribution < -0.4 is 10.1 Å². The third-order valence-corrected chi connectivity index (χ3v) is 3.11. The molecular formula is C14H15N3O2. The molecule has 1 N–H and O–H groups in total. The predicted molar refractivity (Wildman–Crippen MR) is 72.2 cm³/mol. The second-order valence-electron chi connectivity index (χ2n) is 4.53. The molecule has 0 bridgehead atoms. The van der Waals surface area contributed by atoms with Crippen molar-refractivity contribution >= 4 is 11.6 Å². The molecule has 2 heterocycles. The van der Waals surface area contributed by atoms with Gasteiger partial charge < -0.3 is 10.1 Å². The third-order valence-electron chi connectivity index (χ3n) is 3.11. The van der Waals surface area contributed by atoms with Crippen LogP contribution in [-0.2, 0) is 11.3 Å². The summed E-state index contributed by atoms with van der Waals surface area (Å²) in [5.41, 5.74) is 3.76. The first kappa shape index (κ1) is 11.8. The number of hydrogen-bond donors (Lipinski definition) is 1. The lowest BCUT2D eigenvalue weighted by molar-refractivity contribution is -0.118. The summed E-state index contributed by atoms with van der Waals surface area (Å²) >= 11 is 0. The van der Waals surface area contributed by atoms with E-state index in [0.29, 0.717) is 5.75 Å². The topological polar surface area (TPSA) is 56.2 Å². The van der Waals surface area contributed by atoms with E-state index in [2.05, 4.69) is 17.3 Å². The Labute approximate surface area is 111 Å². The van der Waals surface area contributed by atoms with Gasteiger partial charge in [0.1, 0.15) is 5.75 Å². The number of hydrogen-bond acceptors (Lipinski definition) is 3. The van der Waals surface area contributed by atoms with E-state index in [1.165, 1.54) is 0 Å². The van der Waals surface area contributed by atoms with Crippen molar-refractivity contribution in [1.82, 2.24) is 9.78 Å². The maximum absolute atomic E-state index is 11.3. The van der Waals surface area contributed by atoms with Gasteiger partial charge in [-0.1, -0.05) is 0 Å². The number of amides is 1. The highest BCUT2D eigenvalue weighted by Crippen LogP contribution is 2.32. The van der Waals surface area contributed by atoms with Crippen molar-refractivity contribution < 1.29 is 9.53 Å². The van der Waals surface area contributed by atoms with Crippen LogP contribution in [0.1, 0.15) is 12.6 Å². The van der Waals surface area contributed by atoms with Crippen molar-refractivity contribution in [2.75, 3.05) is 11.9 Å². The quantitative estimate of drug-likeness (QED) is 0.897. The van der Waals surface area contributed by atoms with Crippen LogP contribution >= 0.6 is 0 Å². The largest absolute Gasteiger partial charge is 0.482 e. The van der Waals surface area contributed by atoms with Crippen LogP contribution in [-0.4, -0.2) is 22.3 Å². The minimum atomic E-state index is -0.121. The Morgan fingerprint density at radius 2 is 2.26 bits per heavy atom. The summed E-state index contributed by atoms with van der Waals surface area (Å²) in [7, 11) is 0.